The van der Waals surface area contributed by atoms with Crippen LogP contribution in [0.3, 0.4) is 0 Å². The summed E-state index contributed by atoms with van der Waals surface area (Å²) in [6.07, 6.45) is 2.54. The maximum atomic E-state index is 11.8. The first kappa shape index (κ1) is 18.2. The number of rotatable bonds is 9. The summed E-state index contributed by atoms with van der Waals surface area (Å²) in [6, 6.07) is 7.05. The summed E-state index contributed by atoms with van der Waals surface area (Å²) < 4.78 is 5.44. The summed E-state index contributed by atoms with van der Waals surface area (Å²) in [6.45, 7) is 8.17. The van der Waals surface area contributed by atoms with E-state index in [0.29, 0.717) is 23.7 Å². The zero-order valence-electron chi connectivity index (χ0n) is 14.0. The van der Waals surface area contributed by atoms with Gasteiger partial charge in [-0.05, 0) is 49.9 Å². The molecule has 0 bridgehead atoms. The van der Waals surface area contributed by atoms with Gasteiger partial charge in [-0.25, -0.2) is 0 Å². The van der Waals surface area contributed by atoms with Crippen LogP contribution >= 0.6 is 0 Å². The molecule has 4 heteroatoms. The number of amides is 1. The van der Waals surface area contributed by atoms with Crippen molar-refractivity contribution in [1.29, 1.82) is 0 Å². The number of ketones is 1. The van der Waals surface area contributed by atoms with Crippen LogP contribution in [0, 0.1) is 5.92 Å². The molecule has 1 aromatic rings. The smallest absolute Gasteiger partial charge is 0.258 e. The van der Waals surface area contributed by atoms with E-state index in [2.05, 4.69) is 19.2 Å². The average Bonchev–Trinajstić information content (AvgIpc) is 2.50. The fourth-order valence-corrected chi connectivity index (χ4v) is 2.06. The quantitative estimate of drug-likeness (QED) is 0.709. The zero-order chi connectivity index (χ0) is 16.5. The lowest BCUT2D eigenvalue weighted by Gasteiger charge is -2.15. The van der Waals surface area contributed by atoms with E-state index in [-0.39, 0.29) is 24.3 Å². The highest BCUT2D eigenvalue weighted by molar-refractivity contribution is 5.95. The lowest BCUT2D eigenvalue weighted by atomic mass is 10.0. The van der Waals surface area contributed by atoms with E-state index in [1.54, 1.807) is 24.3 Å². The highest BCUT2D eigenvalue weighted by Gasteiger charge is 2.09. The van der Waals surface area contributed by atoms with Crippen molar-refractivity contribution in [3.8, 4) is 5.75 Å². The van der Waals surface area contributed by atoms with Crippen LogP contribution in [0.2, 0.25) is 0 Å². The number of hydrogen-bond acceptors (Lipinski definition) is 3. The molecule has 1 rings (SSSR count). The Balaban J connectivity index is 2.36. The minimum absolute atomic E-state index is 0.00686. The molecule has 0 aliphatic rings. The van der Waals surface area contributed by atoms with Gasteiger partial charge in [0.2, 0.25) is 0 Å². The fourth-order valence-electron chi connectivity index (χ4n) is 2.06. The Labute approximate surface area is 133 Å². The second-order valence-corrected chi connectivity index (χ2v) is 6.03. The molecule has 0 fully saturated rings. The Morgan fingerprint density at radius 1 is 1.09 bits per heavy atom. The van der Waals surface area contributed by atoms with Crippen molar-refractivity contribution in [1.82, 2.24) is 5.32 Å². The van der Waals surface area contributed by atoms with E-state index in [9.17, 15) is 9.59 Å². The SMILES string of the molecule is CCC(=O)c1ccc(OCC(=O)NC(C)CCC(C)C)cc1. The molecule has 0 aromatic heterocycles. The molecule has 1 unspecified atom stereocenters. The fraction of sp³-hybridized carbons (Fsp3) is 0.556. The van der Waals surface area contributed by atoms with Crippen LogP contribution in [-0.4, -0.2) is 24.3 Å². The van der Waals surface area contributed by atoms with Gasteiger partial charge in [0.15, 0.2) is 12.4 Å². The maximum Gasteiger partial charge on any atom is 0.258 e. The maximum absolute atomic E-state index is 11.8. The van der Waals surface area contributed by atoms with Crippen molar-refractivity contribution in [2.75, 3.05) is 6.61 Å². The van der Waals surface area contributed by atoms with E-state index in [1.165, 1.54) is 0 Å². The average molecular weight is 305 g/mol. The number of carbonyl (C=O) groups excluding carboxylic acids is 2. The molecule has 1 N–H and O–H groups in total. The van der Waals surface area contributed by atoms with Crippen molar-refractivity contribution in [3.05, 3.63) is 29.8 Å². The topological polar surface area (TPSA) is 55.4 Å². The third kappa shape index (κ3) is 6.74. The van der Waals surface area contributed by atoms with Crippen molar-refractivity contribution in [2.45, 2.75) is 53.0 Å². The lowest BCUT2D eigenvalue weighted by molar-refractivity contribution is -0.123. The summed E-state index contributed by atoms with van der Waals surface area (Å²) in [5.74, 6) is 1.21. The first-order chi connectivity index (χ1) is 10.4. The number of benzene rings is 1. The van der Waals surface area contributed by atoms with Gasteiger partial charge in [0.1, 0.15) is 5.75 Å². The standard InChI is InChI=1S/C18H27NO3/c1-5-17(20)15-8-10-16(11-9-15)22-12-18(21)19-14(4)7-6-13(2)3/h8-11,13-14H,5-7,12H2,1-4H3,(H,19,21). The molecule has 4 nitrogen and oxygen atoms in total. The summed E-state index contributed by atoms with van der Waals surface area (Å²) in [7, 11) is 0. The minimum atomic E-state index is -0.120. The molecular formula is C18H27NO3. The Morgan fingerprint density at radius 2 is 1.73 bits per heavy atom. The number of Topliss-reactive ketones (excluding diaryl/α,β-unsaturated/α-hetero) is 1. The van der Waals surface area contributed by atoms with Crippen LogP contribution in [0.25, 0.3) is 0 Å². The number of hydrogen-bond donors (Lipinski definition) is 1. The zero-order valence-corrected chi connectivity index (χ0v) is 14.0. The van der Waals surface area contributed by atoms with Crippen LogP contribution in [0.1, 0.15) is 57.3 Å². The third-order valence-corrected chi connectivity index (χ3v) is 3.45. The molecule has 1 aromatic carbocycles. The molecule has 122 valence electrons. The molecule has 0 spiro atoms. The number of nitrogens with one attached hydrogen (secondary N) is 1. The van der Waals surface area contributed by atoms with Crippen LogP contribution < -0.4 is 10.1 Å². The van der Waals surface area contributed by atoms with Gasteiger partial charge in [0, 0.05) is 18.0 Å². The number of carbonyl (C=O) groups is 2. The monoisotopic (exact) mass is 305 g/mol. The van der Waals surface area contributed by atoms with Gasteiger partial charge in [-0.15, -0.1) is 0 Å². The predicted molar refractivity (Wildman–Crippen MR) is 88.2 cm³/mol. The molecular weight excluding hydrogens is 278 g/mol. The largest absolute Gasteiger partial charge is 0.484 e. The van der Waals surface area contributed by atoms with E-state index >= 15 is 0 Å². The lowest BCUT2D eigenvalue weighted by Crippen LogP contribution is -2.36. The van der Waals surface area contributed by atoms with E-state index in [0.717, 1.165) is 12.8 Å². The van der Waals surface area contributed by atoms with Crippen molar-refractivity contribution < 1.29 is 14.3 Å². The molecule has 0 aliphatic heterocycles. The predicted octanol–water partition coefficient (Wildman–Crippen LogP) is 3.60. The third-order valence-electron chi connectivity index (χ3n) is 3.45. The highest BCUT2D eigenvalue weighted by Crippen LogP contribution is 2.13. The van der Waals surface area contributed by atoms with Crippen molar-refractivity contribution in [2.24, 2.45) is 5.92 Å². The molecule has 1 atom stereocenters. The van der Waals surface area contributed by atoms with Gasteiger partial charge in [0.25, 0.3) is 5.91 Å². The summed E-state index contributed by atoms with van der Waals surface area (Å²) in [4.78, 5) is 23.3. The molecule has 0 radical (unpaired) electrons. The Morgan fingerprint density at radius 3 is 2.27 bits per heavy atom. The molecule has 0 saturated heterocycles. The second kappa shape index (κ2) is 9.23. The van der Waals surface area contributed by atoms with E-state index in [1.807, 2.05) is 13.8 Å². The molecule has 22 heavy (non-hydrogen) atoms. The molecule has 0 aliphatic carbocycles. The first-order valence-corrected chi connectivity index (χ1v) is 7.97. The Bertz CT molecular complexity index is 480. The van der Waals surface area contributed by atoms with Crippen molar-refractivity contribution in [3.63, 3.8) is 0 Å². The van der Waals surface area contributed by atoms with Gasteiger partial charge < -0.3 is 10.1 Å². The van der Waals surface area contributed by atoms with Gasteiger partial charge in [0.05, 0.1) is 0 Å². The Kier molecular flexibility index (Phi) is 7.64. The molecule has 0 heterocycles. The van der Waals surface area contributed by atoms with Crippen molar-refractivity contribution >= 4 is 11.7 Å². The van der Waals surface area contributed by atoms with Gasteiger partial charge in [-0.2, -0.15) is 0 Å². The van der Waals surface area contributed by atoms with Gasteiger partial charge in [-0.1, -0.05) is 20.8 Å². The van der Waals surface area contributed by atoms with Gasteiger partial charge in [-0.3, -0.25) is 9.59 Å². The highest BCUT2D eigenvalue weighted by atomic mass is 16.5. The van der Waals surface area contributed by atoms with Crippen LogP contribution in [0.15, 0.2) is 24.3 Å². The van der Waals surface area contributed by atoms with Crippen LogP contribution in [0.4, 0.5) is 0 Å². The molecule has 1 amide bonds. The summed E-state index contributed by atoms with van der Waals surface area (Å²) >= 11 is 0. The van der Waals surface area contributed by atoms with Crippen LogP contribution in [0.5, 0.6) is 5.75 Å². The normalized spacial score (nSPS) is 12.0. The molecule has 0 saturated carbocycles. The Hall–Kier alpha value is -1.84. The van der Waals surface area contributed by atoms with Gasteiger partial charge >= 0.3 is 0 Å². The summed E-state index contributed by atoms with van der Waals surface area (Å²) in [5, 5.41) is 2.93. The van der Waals surface area contributed by atoms with Crippen LogP contribution in [-0.2, 0) is 4.79 Å². The van der Waals surface area contributed by atoms with E-state index < -0.39 is 0 Å². The first-order valence-electron chi connectivity index (χ1n) is 7.97. The number of ether oxygens (including phenoxy) is 1. The minimum Gasteiger partial charge on any atom is -0.484 e. The van der Waals surface area contributed by atoms with E-state index in [4.69, 9.17) is 4.74 Å². The second-order valence-electron chi connectivity index (χ2n) is 6.03. The summed E-state index contributed by atoms with van der Waals surface area (Å²) in [5.41, 5.74) is 0.668.